The van der Waals surface area contributed by atoms with Crippen LogP contribution in [0.2, 0.25) is 0 Å². The molecule has 0 spiro atoms. The van der Waals surface area contributed by atoms with E-state index >= 15 is 0 Å². The van der Waals surface area contributed by atoms with E-state index in [4.69, 9.17) is 0 Å². The highest BCUT2D eigenvalue weighted by molar-refractivity contribution is 6.43. The van der Waals surface area contributed by atoms with Crippen molar-refractivity contribution in [2.75, 3.05) is 17.7 Å². The largest absolute Gasteiger partial charge is 0.318 e. The third-order valence-electron chi connectivity index (χ3n) is 4.40. The summed E-state index contributed by atoms with van der Waals surface area (Å²) in [4.78, 5) is 30.8. The molecule has 2 N–H and O–H groups in total. The molecule has 1 aliphatic heterocycles. The molecule has 0 saturated carbocycles. The van der Waals surface area contributed by atoms with Crippen LogP contribution in [0.25, 0.3) is 10.9 Å². The molecule has 6 nitrogen and oxygen atoms in total. The van der Waals surface area contributed by atoms with Gasteiger partial charge in [0.25, 0.3) is 0 Å². The summed E-state index contributed by atoms with van der Waals surface area (Å²) in [6, 6.07) is 15.1. The summed E-state index contributed by atoms with van der Waals surface area (Å²) >= 11 is 0. The van der Waals surface area contributed by atoms with E-state index in [-0.39, 0.29) is 0 Å². The Bertz CT molecular complexity index is 1020. The second-order valence-electron chi connectivity index (χ2n) is 6.48. The number of amides is 2. The number of carbonyl (C=O) groups excluding carboxylic acids is 2. The molecular formula is C20H18N4O2. The summed E-state index contributed by atoms with van der Waals surface area (Å²) in [7, 11) is 2.04. The van der Waals surface area contributed by atoms with E-state index in [1.807, 2.05) is 49.5 Å². The van der Waals surface area contributed by atoms with Crippen molar-refractivity contribution >= 4 is 34.1 Å². The highest BCUT2D eigenvalue weighted by atomic mass is 16.2. The fourth-order valence-electron chi connectivity index (χ4n) is 3.16. The van der Waals surface area contributed by atoms with Gasteiger partial charge in [0.15, 0.2) is 0 Å². The van der Waals surface area contributed by atoms with Crippen molar-refractivity contribution in [1.82, 2.24) is 9.88 Å². The average Bonchev–Trinajstić information content (AvgIpc) is 3.01. The lowest BCUT2D eigenvalue weighted by atomic mass is 10.1. The Kier molecular flexibility index (Phi) is 4.10. The van der Waals surface area contributed by atoms with Crippen molar-refractivity contribution in [1.29, 1.82) is 0 Å². The van der Waals surface area contributed by atoms with Gasteiger partial charge in [0, 0.05) is 24.2 Å². The van der Waals surface area contributed by atoms with Gasteiger partial charge in [-0.3, -0.25) is 19.5 Å². The van der Waals surface area contributed by atoms with Gasteiger partial charge in [0.1, 0.15) is 0 Å². The predicted octanol–water partition coefficient (Wildman–Crippen LogP) is 2.76. The third kappa shape index (κ3) is 3.27. The van der Waals surface area contributed by atoms with Gasteiger partial charge in [-0.15, -0.1) is 0 Å². The van der Waals surface area contributed by atoms with Crippen LogP contribution in [-0.4, -0.2) is 28.7 Å². The van der Waals surface area contributed by atoms with E-state index in [0.29, 0.717) is 11.4 Å². The van der Waals surface area contributed by atoms with Gasteiger partial charge in [-0.25, -0.2) is 0 Å². The Morgan fingerprint density at radius 1 is 0.923 bits per heavy atom. The van der Waals surface area contributed by atoms with Gasteiger partial charge >= 0.3 is 11.8 Å². The van der Waals surface area contributed by atoms with Crippen LogP contribution in [0.4, 0.5) is 11.4 Å². The fraction of sp³-hybridized carbons (Fsp3) is 0.150. The maximum atomic E-state index is 12.2. The molecule has 4 rings (SSSR count). The number of pyridine rings is 1. The number of para-hydroxylation sites is 1. The number of aromatic nitrogens is 1. The molecule has 26 heavy (non-hydrogen) atoms. The zero-order chi connectivity index (χ0) is 18.1. The van der Waals surface area contributed by atoms with Crippen molar-refractivity contribution in [3.05, 3.63) is 65.9 Å². The molecule has 3 aromatic rings. The molecule has 0 unspecified atom stereocenters. The first kappa shape index (κ1) is 16.2. The topological polar surface area (TPSA) is 74.3 Å². The van der Waals surface area contributed by atoms with Crippen LogP contribution in [0, 0.1) is 0 Å². The quantitative estimate of drug-likeness (QED) is 0.700. The van der Waals surface area contributed by atoms with Gasteiger partial charge in [-0.2, -0.15) is 0 Å². The van der Waals surface area contributed by atoms with Crippen molar-refractivity contribution in [2.45, 2.75) is 13.1 Å². The van der Waals surface area contributed by atoms with Crippen molar-refractivity contribution in [3.63, 3.8) is 0 Å². The van der Waals surface area contributed by atoms with Gasteiger partial charge in [-0.1, -0.05) is 24.3 Å². The Labute approximate surface area is 150 Å². The predicted molar refractivity (Wildman–Crippen MR) is 101 cm³/mol. The normalized spacial score (nSPS) is 13.4. The molecule has 0 saturated heterocycles. The SMILES string of the molecule is CN1Cc2ccc(NC(=O)C(=O)Nc3cnc4ccccc4c3)cc2C1. The molecule has 0 fully saturated rings. The lowest BCUT2D eigenvalue weighted by molar-refractivity contribution is -0.133. The van der Waals surface area contributed by atoms with E-state index in [9.17, 15) is 9.59 Å². The van der Waals surface area contributed by atoms with Crippen LogP contribution in [0.1, 0.15) is 11.1 Å². The molecule has 0 aliphatic carbocycles. The zero-order valence-electron chi connectivity index (χ0n) is 14.3. The number of nitrogens with zero attached hydrogens (tertiary/aromatic N) is 2. The standard InChI is InChI=1S/C20H18N4O2/c1-24-11-14-6-7-16(9-15(14)12-24)22-19(25)20(26)23-17-8-13-4-2-3-5-18(13)21-10-17/h2-10H,11-12H2,1H3,(H,22,25)(H,23,26). The van der Waals surface area contributed by atoms with Crippen LogP contribution in [0.15, 0.2) is 54.7 Å². The molecule has 1 aliphatic rings. The van der Waals surface area contributed by atoms with Crippen molar-refractivity contribution in [2.24, 2.45) is 0 Å². The number of carbonyl (C=O) groups is 2. The third-order valence-corrected chi connectivity index (χ3v) is 4.40. The highest BCUT2D eigenvalue weighted by Crippen LogP contribution is 2.24. The maximum absolute atomic E-state index is 12.2. The molecule has 1 aromatic heterocycles. The lowest BCUT2D eigenvalue weighted by Crippen LogP contribution is -2.29. The number of nitrogens with one attached hydrogen (secondary N) is 2. The van der Waals surface area contributed by atoms with Crippen molar-refractivity contribution in [3.8, 4) is 0 Å². The monoisotopic (exact) mass is 346 g/mol. The smallest absolute Gasteiger partial charge is 0.314 e. The van der Waals surface area contributed by atoms with Crippen LogP contribution >= 0.6 is 0 Å². The average molecular weight is 346 g/mol. The highest BCUT2D eigenvalue weighted by Gasteiger charge is 2.18. The van der Waals surface area contributed by atoms with Crippen LogP contribution in [-0.2, 0) is 22.7 Å². The van der Waals surface area contributed by atoms with Crippen LogP contribution in [0.5, 0.6) is 0 Å². The van der Waals surface area contributed by atoms with E-state index in [1.54, 1.807) is 12.3 Å². The molecule has 2 amide bonds. The summed E-state index contributed by atoms with van der Waals surface area (Å²) in [5, 5.41) is 6.14. The summed E-state index contributed by atoms with van der Waals surface area (Å²) in [6.07, 6.45) is 1.54. The number of rotatable bonds is 2. The summed E-state index contributed by atoms with van der Waals surface area (Å²) in [5.74, 6) is -1.43. The molecule has 6 heteroatoms. The first-order chi connectivity index (χ1) is 12.6. The Hall–Kier alpha value is -3.25. The Morgan fingerprint density at radius 3 is 2.50 bits per heavy atom. The Balaban J connectivity index is 1.44. The minimum atomic E-state index is -0.723. The summed E-state index contributed by atoms with van der Waals surface area (Å²) in [5.41, 5.74) is 4.36. The molecule has 0 atom stereocenters. The summed E-state index contributed by atoms with van der Waals surface area (Å²) < 4.78 is 0. The molecule has 130 valence electrons. The number of benzene rings is 2. The van der Waals surface area contributed by atoms with Gasteiger partial charge < -0.3 is 10.6 Å². The number of anilines is 2. The van der Waals surface area contributed by atoms with Crippen LogP contribution < -0.4 is 10.6 Å². The van der Waals surface area contributed by atoms with Crippen molar-refractivity contribution < 1.29 is 9.59 Å². The van der Waals surface area contributed by atoms with Gasteiger partial charge in [-0.05, 0) is 42.4 Å². The molecule has 2 heterocycles. The zero-order valence-corrected chi connectivity index (χ0v) is 14.3. The summed E-state index contributed by atoms with van der Waals surface area (Å²) in [6.45, 7) is 1.74. The van der Waals surface area contributed by atoms with Crippen LogP contribution in [0.3, 0.4) is 0 Å². The number of hydrogen-bond donors (Lipinski definition) is 2. The minimum absolute atomic E-state index is 0.486. The second kappa shape index (κ2) is 6.57. The van der Waals surface area contributed by atoms with E-state index < -0.39 is 11.8 Å². The van der Waals surface area contributed by atoms with Gasteiger partial charge in [0.2, 0.25) is 0 Å². The minimum Gasteiger partial charge on any atom is -0.318 e. The molecule has 2 aromatic carbocycles. The van der Waals surface area contributed by atoms with E-state index in [2.05, 4.69) is 20.5 Å². The molecular weight excluding hydrogens is 328 g/mol. The van der Waals surface area contributed by atoms with E-state index in [1.165, 1.54) is 11.1 Å². The first-order valence-corrected chi connectivity index (χ1v) is 8.36. The fourth-order valence-corrected chi connectivity index (χ4v) is 3.16. The first-order valence-electron chi connectivity index (χ1n) is 8.36. The number of hydrogen-bond acceptors (Lipinski definition) is 4. The Morgan fingerprint density at radius 2 is 1.65 bits per heavy atom. The van der Waals surface area contributed by atoms with Gasteiger partial charge in [0.05, 0.1) is 17.4 Å². The molecule has 0 bridgehead atoms. The molecule has 0 radical (unpaired) electrons. The number of fused-ring (bicyclic) bond motifs is 2. The lowest BCUT2D eigenvalue weighted by Gasteiger charge is -2.08. The van der Waals surface area contributed by atoms with E-state index in [0.717, 1.165) is 24.0 Å². The second-order valence-corrected chi connectivity index (χ2v) is 6.48. The maximum Gasteiger partial charge on any atom is 0.314 e.